The maximum absolute atomic E-state index is 12.8. The maximum atomic E-state index is 12.8. The van der Waals surface area contributed by atoms with Gasteiger partial charge in [0.15, 0.2) is 5.76 Å². The van der Waals surface area contributed by atoms with E-state index in [1.165, 1.54) is 11.3 Å². The lowest BCUT2D eigenvalue weighted by Gasteiger charge is -2.04. The van der Waals surface area contributed by atoms with Crippen LogP contribution in [0.4, 0.5) is 5.13 Å². The number of thioether (sulfide) groups is 1. The zero-order valence-corrected chi connectivity index (χ0v) is 16.6. The Balaban J connectivity index is 1.64. The number of nitrogens with one attached hydrogen (secondary N) is 1. The lowest BCUT2D eigenvalue weighted by atomic mass is 10.1. The number of carbonyl (C=O) groups excluding carboxylic acids is 1. The second-order valence-corrected chi connectivity index (χ2v) is 8.40. The zero-order chi connectivity index (χ0) is 18.8. The number of fused-ring (bicyclic) bond motifs is 1. The molecule has 0 saturated heterocycles. The zero-order valence-electron chi connectivity index (χ0n) is 14.2. The van der Waals surface area contributed by atoms with Crippen molar-refractivity contribution < 1.29 is 9.21 Å². The molecular formula is C19H14ClN3O2S2. The summed E-state index contributed by atoms with van der Waals surface area (Å²) in [5, 5.41) is 13.5. The van der Waals surface area contributed by atoms with Crippen molar-refractivity contribution in [2.24, 2.45) is 0 Å². The fourth-order valence-electron chi connectivity index (χ4n) is 2.61. The summed E-state index contributed by atoms with van der Waals surface area (Å²) in [4.78, 5) is 13.8. The van der Waals surface area contributed by atoms with Crippen molar-refractivity contribution in [3.8, 4) is 0 Å². The number of halogens is 1. The molecule has 2 heterocycles. The van der Waals surface area contributed by atoms with Gasteiger partial charge in [0.1, 0.15) is 10.6 Å². The first-order valence-corrected chi connectivity index (χ1v) is 10.3. The highest BCUT2D eigenvalue weighted by molar-refractivity contribution is 7.98. The van der Waals surface area contributed by atoms with Gasteiger partial charge in [-0.05, 0) is 37.3 Å². The van der Waals surface area contributed by atoms with E-state index in [9.17, 15) is 4.79 Å². The molecule has 4 aromatic rings. The van der Waals surface area contributed by atoms with E-state index in [-0.39, 0.29) is 5.91 Å². The van der Waals surface area contributed by atoms with E-state index in [0.717, 1.165) is 20.9 Å². The molecule has 2 aromatic heterocycles. The number of anilines is 1. The van der Waals surface area contributed by atoms with Gasteiger partial charge in [-0.15, -0.1) is 22.0 Å². The van der Waals surface area contributed by atoms with Gasteiger partial charge in [0.25, 0.3) is 5.91 Å². The van der Waals surface area contributed by atoms with Crippen molar-refractivity contribution in [3.05, 3.63) is 69.9 Å². The Morgan fingerprint density at radius 3 is 2.70 bits per heavy atom. The van der Waals surface area contributed by atoms with E-state index in [4.69, 9.17) is 16.0 Å². The molecule has 0 spiro atoms. The van der Waals surface area contributed by atoms with E-state index in [1.807, 2.05) is 55.5 Å². The minimum absolute atomic E-state index is 0.297. The highest BCUT2D eigenvalue weighted by Gasteiger charge is 2.21. The molecule has 0 bridgehead atoms. The van der Waals surface area contributed by atoms with E-state index >= 15 is 0 Å². The van der Waals surface area contributed by atoms with Crippen LogP contribution in [0.5, 0.6) is 0 Å². The second-order valence-electron chi connectivity index (χ2n) is 5.73. The van der Waals surface area contributed by atoms with Gasteiger partial charge in [-0.1, -0.05) is 41.1 Å². The number of para-hydroxylation sites is 1. The number of hydrogen-bond acceptors (Lipinski definition) is 6. The van der Waals surface area contributed by atoms with Gasteiger partial charge in [-0.3, -0.25) is 10.1 Å². The molecule has 1 amide bonds. The summed E-state index contributed by atoms with van der Waals surface area (Å²) in [6.45, 7) is 1.84. The number of amides is 1. The molecule has 5 nitrogen and oxygen atoms in total. The molecule has 27 heavy (non-hydrogen) atoms. The van der Waals surface area contributed by atoms with Gasteiger partial charge in [0, 0.05) is 26.6 Å². The van der Waals surface area contributed by atoms with Gasteiger partial charge >= 0.3 is 0 Å². The molecular weight excluding hydrogens is 402 g/mol. The summed E-state index contributed by atoms with van der Waals surface area (Å²) in [5.74, 6) is 0.566. The Kier molecular flexibility index (Phi) is 5.15. The summed E-state index contributed by atoms with van der Waals surface area (Å²) < 4.78 is 5.86. The Morgan fingerprint density at radius 2 is 1.96 bits per heavy atom. The molecule has 1 N–H and O–H groups in total. The Bertz CT molecular complexity index is 1110. The molecule has 0 atom stereocenters. The molecule has 4 rings (SSSR count). The van der Waals surface area contributed by atoms with Crippen molar-refractivity contribution in [2.75, 3.05) is 5.32 Å². The number of benzene rings is 2. The Labute approximate surface area is 168 Å². The van der Waals surface area contributed by atoms with Crippen LogP contribution in [0.3, 0.4) is 0 Å². The smallest absolute Gasteiger partial charge is 0.293 e. The number of rotatable bonds is 5. The Hall–Kier alpha value is -2.35. The predicted molar refractivity (Wildman–Crippen MR) is 110 cm³/mol. The lowest BCUT2D eigenvalue weighted by molar-refractivity contribution is 0.0997. The first-order chi connectivity index (χ1) is 13.1. The van der Waals surface area contributed by atoms with Gasteiger partial charge < -0.3 is 4.42 Å². The van der Waals surface area contributed by atoms with Crippen molar-refractivity contribution in [1.82, 2.24) is 10.2 Å². The summed E-state index contributed by atoms with van der Waals surface area (Å²) >= 11 is 8.89. The molecule has 0 aliphatic rings. The molecule has 0 aliphatic heterocycles. The highest BCUT2D eigenvalue weighted by Crippen LogP contribution is 2.33. The van der Waals surface area contributed by atoms with Gasteiger partial charge in [0.05, 0.1) is 0 Å². The van der Waals surface area contributed by atoms with Crippen LogP contribution in [0.2, 0.25) is 5.02 Å². The van der Waals surface area contributed by atoms with Crippen LogP contribution < -0.4 is 5.32 Å². The van der Waals surface area contributed by atoms with Crippen LogP contribution in [0, 0.1) is 6.92 Å². The fourth-order valence-corrected chi connectivity index (χ4v) is 4.25. The molecule has 0 saturated carbocycles. The topological polar surface area (TPSA) is 68.0 Å². The van der Waals surface area contributed by atoms with E-state index < -0.39 is 0 Å². The van der Waals surface area contributed by atoms with Gasteiger partial charge in [0.2, 0.25) is 5.13 Å². The summed E-state index contributed by atoms with van der Waals surface area (Å²) in [7, 11) is 0. The van der Waals surface area contributed by atoms with Crippen LogP contribution in [0.15, 0.2) is 57.8 Å². The fraction of sp³-hybridized carbons (Fsp3) is 0.105. The molecule has 0 radical (unpaired) electrons. The molecule has 2 aromatic carbocycles. The monoisotopic (exact) mass is 415 g/mol. The highest BCUT2D eigenvalue weighted by atomic mass is 35.5. The first kappa shape index (κ1) is 18.0. The maximum Gasteiger partial charge on any atom is 0.293 e. The van der Waals surface area contributed by atoms with Gasteiger partial charge in [-0.25, -0.2) is 0 Å². The van der Waals surface area contributed by atoms with Crippen LogP contribution in [0.25, 0.3) is 11.0 Å². The van der Waals surface area contributed by atoms with Crippen LogP contribution in [-0.4, -0.2) is 16.1 Å². The molecule has 8 heteroatoms. The number of furan rings is 1. The van der Waals surface area contributed by atoms with Crippen molar-refractivity contribution in [1.29, 1.82) is 0 Å². The third-order valence-electron chi connectivity index (χ3n) is 3.85. The average molecular weight is 416 g/mol. The standard InChI is InChI=1S/C19H14ClN3O2S2/c1-11-22-23-19(27-11)21-18(24)17-15(14-4-2-3-5-16(14)25-17)10-26-13-8-6-12(20)7-9-13/h2-9H,10H2,1H3,(H,21,23,24). The number of aryl methyl sites for hydroxylation is 1. The molecule has 136 valence electrons. The van der Waals surface area contributed by atoms with Gasteiger partial charge in [-0.2, -0.15) is 0 Å². The van der Waals surface area contributed by atoms with Crippen LogP contribution >= 0.6 is 34.7 Å². The molecule has 0 unspecified atom stereocenters. The predicted octanol–water partition coefficient (Wildman–Crippen LogP) is 5.79. The summed E-state index contributed by atoms with van der Waals surface area (Å²) in [5.41, 5.74) is 1.53. The van der Waals surface area contributed by atoms with E-state index in [0.29, 0.717) is 27.3 Å². The Morgan fingerprint density at radius 1 is 1.19 bits per heavy atom. The largest absolute Gasteiger partial charge is 0.451 e. The minimum Gasteiger partial charge on any atom is -0.451 e. The number of carbonyl (C=O) groups is 1. The number of nitrogens with zero attached hydrogens (tertiary/aromatic N) is 2. The summed E-state index contributed by atoms with van der Waals surface area (Å²) in [6, 6.07) is 15.3. The van der Waals surface area contributed by atoms with Crippen molar-refractivity contribution in [3.63, 3.8) is 0 Å². The minimum atomic E-state index is -0.325. The number of aromatic nitrogens is 2. The third kappa shape index (κ3) is 4.00. The third-order valence-corrected chi connectivity index (χ3v) is 5.89. The van der Waals surface area contributed by atoms with Crippen LogP contribution in [-0.2, 0) is 5.75 Å². The molecule has 0 aliphatic carbocycles. The normalized spacial score (nSPS) is 11.0. The van der Waals surface area contributed by atoms with Crippen LogP contribution in [0.1, 0.15) is 21.1 Å². The van der Waals surface area contributed by atoms with Crippen molar-refractivity contribution in [2.45, 2.75) is 17.6 Å². The molecule has 0 fully saturated rings. The number of hydrogen-bond donors (Lipinski definition) is 1. The van der Waals surface area contributed by atoms with E-state index in [2.05, 4.69) is 15.5 Å². The lowest BCUT2D eigenvalue weighted by Crippen LogP contribution is -2.12. The quantitative estimate of drug-likeness (QED) is 0.418. The van der Waals surface area contributed by atoms with E-state index in [1.54, 1.807) is 11.8 Å². The summed E-state index contributed by atoms with van der Waals surface area (Å²) in [6.07, 6.45) is 0. The second kappa shape index (κ2) is 7.72. The van der Waals surface area contributed by atoms with Crippen molar-refractivity contribution >= 4 is 56.7 Å². The average Bonchev–Trinajstić information content (AvgIpc) is 3.24. The SMILES string of the molecule is Cc1nnc(NC(=O)c2oc3ccccc3c2CSc2ccc(Cl)cc2)s1. The first-order valence-electron chi connectivity index (χ1n) is 8.10.